The molecule has 24 heavy (non-hydrogen) atoms. The van der Waals surface area contributed by atoms with E-state index in [0.717, 1.165) is 27.7 Å². The quantitative estimate of drug-likeness (QED) is 0.674. The van der Waals surface area contributed by atoms with Gasteiger partial charge in [-0.1, -0.05) is 30.9 Å². The number of benzene rings is 1. The van der Waals surface area contributed by atoms with Crippen LogP contribution >= 0.6 is 11.3 Å². The standard InChI is InChI=1S/C19H22FN3S/c1-12-8-9-16(20)15(10-12)17-18(21-14-6-4-3-5-7-14)23-13(2)11-24-19(23)22-17/h8-11,14,21H,3-7H2,1-2H3. The normalized spacial score (nSPS) is 16.0. The second kappa shape index (κ2) is 6.20. The van der Waals surface area contributed by atoms with Gasteiger partial charge in [0.05, 0.1) is 0 Å². The Kier molecular flexibility index (Phi) is 4.04. The van der Waals surface area contributed by atoms with Crippen LogP contribution in [0.1, 0.15) is 43.4 Å². The fourth-order valence-electron chi connectivity index (χ4n) is 3.58. The zero-order valence-electron chi connectivity index (χ0n) is 14.1. The van der Waals surface area contributed by atoms with Gasteiger partial charge in [0.2, 0.25) is 0 Å². The van der Waals surface area contributed by atoms with Gasteiger partial charge in [-0.25, -0.2) is 9.37 Å². The van der Waals surface area contributed by atoms with Gasteiger partial charge >= 0.3 is 0 Å². The number of aryl methyl sites for hydroxylation is 2. The van der Waals surface area contributed by atoms with Gasteiger partial charge in [-0.15, -0.1) is 11.3 Å². The smallest absolute Gasteiger partial charge is 0.196 e. The second-order valence-corrected chi connectivity index (χ2v) is 7.60. The Balaban J connectivity index is 1.85. The van der Waals surface area contributed by atoms with Crippen molar-refractivity contribution >= 4 is 22.1 Å². The number of nitrogens with one attached hydrogen (secondary N) is 1. The zero-order chi connectivity index (χ0) is 16.7. The van der Waals surface area contributed by atoms with Crippen molar-refractivity contribution in [3.8, 4) is 11.3 Å². The average molecular weight is 343 g/mol. The molecule has 1 aliphatic carbocycles. The van der Waals surface area contributed by atoms with Crippen LogP contribution in [0.3, 0.4) is 0 Å². The van der Waals surface area contributed by atoms with Gasteiger partial charge in [0, 0.05) is 22.7 Å². The van der Waals surface area contributed by atoms with E-state index in [9.17, 15) is 4.39 Å². The number of fused-ring (bicyclic) bond motifs is 1. The van der Waals surface area contributed by atoms with Crippen molar-refractivity contribution in [1.29, 1.82) is 0 Å². The lowest BCUT2D eigenvalue weighted by Crippen LogP contribution is -2.23. The minimum atomic E-state index is -0.212. The third-order valence-electron chi connectivity index (χ3n) is 4.86. The van der Waals surface area contributed by atoms with Crippen molar-refractivity contribution < 1.29 is 4.39 Å². The van der Waals surface area contributed by atoms with Crippen LogP contribution in [0.2, 0.25) is 0 Å². The Morgan fingerprint density at radius 3 is 2.79 bits per heavy atom. The Morgan fingerprint density at radius 1 is 1.21 bits per heavy atom. The average Bonchev–Trinajstić information content (AvgIpc) is 3.12. The molecule has 1 fully saturated rings. The van der Waals surface area contributed by atoms with E-state index in [4.69, 9.17) is 4.98 Å². The van der Waals surface area contributed by atoms with Crippen molar-refractivity contribution in [2.45, 2.75) is 52.0 Å². The maximum atomic E-state index is 14.5. The predicted molar refractivity (Wildman–Crippen MR) is 98.4 cm³/mol. The molecule has 0 amide bonds. The lowest BCUT2D eigenvalue weighted by Gasteiger charge is -2.24. The van der Waals surface area contributed by atoms with Gasteiger partial charge in [0.25, 0.3) is 0 Å². The number of thiazole rings is 1. The van der Waals surface area contributed by atoms with Crippen LogP contribution in [0.4, 0.5) is 10.2 Å². The van der Waals surface area contributed by atoms with E-state index < -0.39 is 0 Å². The van der Waals surface area contributed by atoms with Gasteiger partial charge in [-0.3, -0.25) is 4.40 Å². The minimum absolute atomic E-state index is 0.212. The Bertz CT molecular complexity index is 874. The van der Waals surface area contributed by atoms with Crippen molar-refractivity contribution in [3.63, 3.8) is 0 Å². The summed E-state index contributed by atoms with van der Waals surface area (Å²) < 4.78 is 16.6. The van der Waals surface area contributed by atoms with E-state index in [2.05, 4.69) is 22.0 Å². The minimum Gasteiger partial charge on any atom is -0.367 e. The molecule has 2 aromatic heterocycles. The highest BCUT2D eigenvalue weighted by molar-refractivity contribution is 7.15. The molecule has 0 atom stereocenters. The number of nitrogens with zero attached hydrogens (tertiary/aromatic N) is 2. The maximum Gasteiger partial charge on any atom is 0.196 e. The summed E-state index contributed by atoms with van der Waals surface area (Å²) in [5.74, 6) is 0.732. The molecule has 0 aliphatic heterocycles. The highest BCUT2D eigenvalue weighted by Gasteiger charge is 2.22. The highest BCUT2D eigenvalue weighted by Crippen LogP contribution is 2.35. The molecule has 1 aliphatic rings. The topological polar surface area (TPSA) is 29.3 Å². The van der Waals surface area contributed by atoms with Crippen LogP contribution in [-0.2, 0) is 0 Å². The number of aromatic nitrogens is 2. The van der Waals surface area contributed by atoms with Gasteiger partial charge in [-0.05, 0) is 38.8 Å². The van der Waals surface area contributed by atoms with E-state index in [0.29, 0.717) is 11.6 Å². The van der Waals surface area contributed by atoms with Gasteiger partial charge < -0.3 is 5.32 Å². The molecule has 0 saturated heterocycles. The summed E-state index contributed by atoms with van der Waals surface area (Å²) in [5.41, 5.74) is 3.50. The molecule has 3 nitrogen and oxygen atoms in total. The molecular formula is C19H22FN3S. The molecule has 0 bridgehead atoms. The molecular weight excluding hydrogens is 321 g/mol. The molecule has 0 unspecified atom stereocenters. The van der Waals surface area contributed by atoms with E-state index in [1.54, 1.807) is 17.4 Å². The molecule has 0 radical (unpaired) electrons. The fourth-order valence-corrected chi connectivity index (χ4v) is 4.44. The summed E-state index contributed by atoms with van der Waals surface area (Å²) in [6.07, 6.45) is 6.18. The molecule has 1 saturated carbocycles. The number of hydrogen-bond donors (Lipinski definition) is 1. The van der Waals surface area contributed by atoms with Crippen molar-refractivity contribution in [2.24, 2.45) is 0 Å². The summed E-state index contributed by atoms with van der Waals surface area (Å²) >= 11 is 1.61. The summed E-state index contributed by atoms with van der Waals surface area (Å²) in [6.45, 7) is 4.06. The van der Waals surface area contributed by atoms with Crippen LogP contribution in [0.25, 0.3) is 16.2 Å². The van der Waals surface area contributed by atoms with E-state index in [1.165, 1.54) is 38.2 Å². The van der Waals surface area contributed by atoms with Crippen LogP contribution in [0.15, 0.2) is 23.6 Å². The summed E-state index contributed by atoms with van der Waals surface area (Å²) in [5, 5.41) is 5.79. The third kappa shape index (κ3) is 2.71. The van der Waals surface area contributed by atoms with Crippen molar-refractivity contribution in [1.82, 2.24) is 9.38 Å². The molecule has 4 rings (SSSR count). The van der Waals surface area contributed by atoms with Crippen LogP contribution in [-0.4, -0.2) is 15.4 Å². The van der Waals surface area contributed by atoms with Crippen LogP contribution in [0, 0.1) is 19.7 Å². The lowest BCUT2D eigenvalue weighted by atomic mass is 9.95. The molecule has 126 valence electrons. The first-order valence-electron chi connectivity index (χ1n) is 8.63. The number of hydrogen-bond acceptors (Lipinski definition) is 3. The Hall–Kier alpha value is -1.88. The van der Waals surface area contributed by atoms with E-state index in [-0.39, 0.29) is 5.82 Å². The largest absolute Gasteiger partial charge is 0.367 e. The first-order chi connectivity index (χ1) is 11.6. The zero-order valence-corrected chi connectivity index (χ0v) is 14.9. The summed E-state index contributed by atoms with van der Waals surface area (Å²) in [6, 6.07) is 5.68. The third-order valence-corrected chi connectivity index (χ3v) is 5.80. The second-order valence-electron chi connectivity index (χ2n) is 6.77. The molecule has 3 aromatic rings. The number of rotatable bonds is 3. The molecule has 5 heteroatoms. The fraction of sp³-hybridized carbons (Fsp3) is 0.421. The predicted octanol–water partition coefficient (Wildman–Crippen LogP) is 5.56. The van der Waals surface area contributed by atoms with E-state index in [1.807, 2.05) is 13.0 Å². The van der Waals surface area contributed by atoms with Gasteiger partial charge in [0.15, 0.2) is 4.96 Å². The SMILES string of the molecule is Cc1ccc(F)c(-c2nc3scc(C)n3c2NC2CCCCC2)c1. The lowest BCUT2D eigenvalue weighted by molar-refractivity contribution is 0.461. The molecule has 0 spiro atoms. The van der Waals surface area contributed by atoms with Crippen molar-refractivity contribution in [2.75, 3.05) is 5.32 Å². The first kappa shape index (κ1) is 15.6. The van der Waals surface area contributed by atoms with Gasteiger partial charge in [0.1, 0.15) is 17.3 Å². The van der Waals surface area contributed by atoms with Crippen LogP contribution in [0.5, 0.6) is 0 Å². The summed E-state index contributed by atoms with van der Waals surface area (Å²) in [4.78, 5) is 5.67. The number of anilines is 1. The van der Waals surface area contributed by atoms with Gasteiger partial charge in [-0.2, -0.15) is 0 Å². The number of halogens is 1. The van der Waals surface area contributed by atoms with Crippen LogP contribution < -0.4 is 5.32 Å². The monoisotopic (exact) mass is 343 g/mol. The molecule has 2 heterocycles. The molecule has 1 N–H and O–H groups in total. The number of imidazole rings is 1. The molecule has 1 aromatic carbocycles. The first-order valence-corrected chi connectivity index (χ1v) is 9.51. The van der Waals surface area contributed by atoms with E-state index >= 15 is 0 Å². The summed E-state index contributed by atoms with van der Waals surface area (Å²) in [7, 11) is 0. The Labute approximate surface area is 145 Å². The van der Waals surface area contributed by atoms with Crippen molar-refractivity contribution in [3.05, 3.63) is 40.7 Å². The highest BCUT2D eigenvalue weighted by atomic mass is 32.1. The maximum absolute atomic E-state index is 14.5. The Morgan fingerprint density at radius 2 is 2.00 bits per heavy atom.